The van der Waals surface area contributed by atoms with Crippen LogP contribution in [0.1, 0.15) is 23.6 Å². The maximum atomic E-state index is 12.9. The molecule has 3 amide bonds. The van der Waals surface area contributed by atoms with Crippen LogP contribution in [0.15, 0.2) is 76.1 Å². The summed E-state index contributed by atoms with van der Waals surface area (Å²) in [6, 6.07) is 17.0. The number of rotatable bonds is 9. The molecule has 0 aliphatic carbocycles. The molecule has 1 heterocycles. The molecule has 3 aromatic carbocycles. The molecule has 1 aliphatic heterocycles. The molecular weight excluding hydrogens is 613 g/mol. The van der Waals surface area contributed by atoms with Gasteiger partial charge < -0.3 is 14.8 Å². The molecule has 40 heavy (non-hydrogen) atoms. The van der Waals surface area contributed by atoms with Gasteiger partial charge >= 0.3 is 6.18 Å². The molecule has 0 bridgehead atoms. The number of hydrogen-bond donors (Lipinski definition) is 1. The molecule has 7 nitrogen and oxygen atoms in total. The Kier molecular flexibility index (Phi) is 9.21. The van der Waals surface area contributed by atoms with Crippen molar-refractivity contribution >= 4 is 56.5 Å². The van der Waals surface area contributed by atoms with Crippen molar-refractivity contribution in [3.8, 4) is 11.5 Å². The van der Waals surface area contributed by atoms with Crippen LogP contribution in [0.25, 0.3) is 6.08 Å². The molecule has 0 unspecified atom stereocenters. The molecule has 3 aromatic rings. The Hall–Kier alpha value is -3.77. The van der Waals surface area contributed by atoms with Crippen molar-refractivity contribution in [2.24, 2.45) is 0 Å². The molecule has 0 spiro atoms. The average molecular weight is 635 g/mol. The maximum Gasteiger partial charge on any atom is 0.416 e. The number of carbonyl (C=O) groups is 3. The van der Waals surface area contributed by atoms with E-state index in [0.717, 1.165) is 28.7 Å². The number of ether oxygens (including phenoxy) is 2. The second kappa shape index (κ2) is 12.6. The molecule has 1 N–H and O–H groups in total. The zero-order chi connectivity index (χ0) is 28.9. The number of nitrogens with one attached hydrogen (secondary N) is 1. The first kappa shape index (κ1) is 29.2. The SMILES string of the molecule is CCOc1cc(/C=C2\SC(=O)N(CC(=O)Nc3cccc(C(F)(F)F)c3)C2=O)cc(Br)c1OCc1ccccc1. The Balaban J connectivity index is 1.47. The van der Waals surface area contributed by atoms with Gasteiger partial charge in [0.25, 0.3) is 11.1 Å². The monoisotopic (exact) mass is 634 g/mol. The number of amides is 3. The number of alkyl halides is 3. The summed E-state index contributed by atoms with van der Waals surface area (Å²) in [4.78, 5) is 38.7. The smallest absolute Gasteiger partial charge is 0.416 e. The van der Waals surface area contributed by atoms with Crippen LogP contribution in [-0.4, -0.2) is 35.1 Å². The van der Waals surface area contributed by atoms with Crippen LogP contribution in [0.5, 0.6) is 11.5 Å². The second-order valence-corrected chi connectivity index (χ2v) is 10.3. The summed E-state index contributed by atoms with van der Waals surface area (Å²) >= 11 is 4.13. The van der Waals surface area contributed by atoms with E-state index in [4.69, 9.17) is 9.47 Å². The van der Waals surface area contributed by atoms with Gasteiger partial charge in [-0.1, -0.05) is 36.4 Å². The van der Waals surface area contributed by atoms with E-state index in [1.807, 2.05) is 37.3 Å². The molecule has 0 radical (unpaired) electrons. The minimum absolute atomic E-state index is 0.0733. The fourth-order valence-electron chi connectivity index (χ4n) is 3.71. The largest absolute Gasteiger partial charge is 0.490 e. The molecule has 208 valence electrons. The van der Waals surface area contributed by atoms with Gasteiger partial charge in [0.1, 0.15) is 13.2 Å². The van der Waals surface area contributed by atoms with Crippen LogP contribution in [0, 0.1) is 0 Å². The lowest BCUT2D eigenvalue weighted by atomic mass is 10.1. The number of thioether (sulfide) groups is 1. The molecule has 0 atom stereocenters. The Bertz CT molecular complexity index is 1460. The number of anilines is 1. The predicted molar refractivity (Wildman–Crippen MR) is 149 cm³/mol. The van der Waals surface area contributed by atoms with E-state index in [9.17, 15) is 27.6 Å². The number of carbonyl (C=O) groups excluding carboxylic acids is 3. The highest BCUT2D eigenvalue weighted by molar-refractivity contribution is 9.10. The quantitative estimate of drug-likeness (QED) is 0.252. The van der Waals surface area contributed by atoms with Crippen molar-refractivity contribution in [1.82, 2.24) is 4.90 Å². The summed E-state index contributed by atoms with van der Waals surface area (Å²) in [5.41, 5.74) is 0.465. The summed E-state index contributed by atoms with van der Waals surface area (Å²) in [6.07, 6.45) is -3.09. The third-order valence-corrected chi connectivity index (χ3v) is 7.00. The second-order valence-electron chi connectivity index (χ2n) is 8.43. The first-order chi connectivity index (χ1) is 19.0. The van der Waals surface area contributed by atoms with Gasteiger partial charge in [-0.3, -0.25) is 19.3 Å². The van der Waals surface area contributed by atoms with Crippen LogP contribution < -0.4 is 14.8 Å². The van der Waals surface area contributed by atoms with Gasteiger partial charge in [0.15, 0.2) is 11.5 Å². The fraction of sp³-hybridized carbons (Fsp3) is 0.179. The van der Waals surface area contributed by atoms with Crippen molar-refractivity contribution in [2.75, 3.05) is 18.5 Å². The Morgan fingerprint density at radius 2 is 1.80 bits per heavy atom. The maximum absolute atomic E-state index is 12.9. The molecule has 1 fully saturated rings. The number of benzene rings is 3. The molecule has 0 saturated carbocycles. The van der Waals surface area contributed by atoms with Crippen LogP contribution in [-0.2, 0) is 22.4 Å². The molecule has 0 aromatic heterocycles. The Morgan fingerprint density at radius 3 is 2.50 bits per heavy atom. The summed E-state index contributed by atoms with van der Waals surface area (Å²) < 4.78 is 51.1. The van der Waals surface area contributed by atoms with Gasteiger partial charge in [-0.15, -0.1) is 0 Å². The van der Waals surface area contributed by atoms with Gasteiger partial charge in [0.05, 0.1) is 21.5 Å². The van der Waals surface area contributed by atoms with E-state index < -0.39 is 35.3 Å². The Morgan fingerprint density at radius 1 is 1.05 bits per heavy atom. The molecule has 4 rings (SSSR count). The summed E-state index contributed by atoms with van der Waals surface area (Å²) in [5.74, 6) is -0.613. The zero-order valence-electron chi connectivity index (χ0n) is 21.0. The summed E-state index contributed by atoms with van der Waals surface area (Å²) in [5, 5.41) is 1.62. The summed E-state index contributed by atoms with van der Waals surface area (Å²) in [7, 11) is 0. The van der Waals surface area contributed by atoms with Gasteiger partial charge in [0, 0.05) is 5.69 Å². The Labute approximate surface area is 240 Å². The number of halogens is 4. The van der Waals surface area contributed by atoms with Crippen molar-refractivity contribution < 1.29 is 37.0 Å². The topological polar surface area (TPSA) is 84.9 Å². The van der Waals surface area contributed by atoms with E-state index in [1.165, 1.54) is 12.1 Å². The molecule has 12 heteroatoms. The van der Waals surface area contributed by atoms with E-state index in [1.54, 1.807) is 12.1 Å². The van der Waals surface area contributed by atoms with Crippen LogP contribution in [0.3, 0.4) is 0 Å². The van der Waals surface area contributed by atoms with E-state index in [2.05, 4.69) is 21.2 Å². The van der Waals surface area contributed by atoms with Crippen LogP contribution in [0.4, 0.5) is 23.7 Å². The van der Waals surface area contributed by atoms with Crippen LogP contribution in [0.2, 0.25) is 0 Å². The van der Waals surface area contributed by atoms with Gasteiger partial charge in [-0.05, 0) is 82.2 Å². The molecule has 1 saturated heterocycles. The standard InChI is InChI=1S/C28H22BrF3N2O5S/c1-2-38-22-12-18(11-21(29)25(22)39-16-17-7-4-3-5-8-17)13-23-26(36)34(27(37)40-23)15-24(35)33-20-10-6-9-19(14-20)28(30,31)32/h3-14H,2,15-16H2,1H3,(H,33,35)/b23-13-. The van der Waals surface area contributed by atoms with Crippen molar-refractivity contribution in [1.29, 1.82) is 0 Å². The minimum Gasteiger partial charge on any atom is -0.490 e. The van der Waals surface area contributed by atoms with Crippen molar-refractivity contribution in [2.45, 2.75) is 19.7 Å². The van der Waals surface area contributed by atoms with Crippen LogP contribution >= 0.6 is 27.7 Å². The lowest BCUT2D eigenvalue weighted by Gasteiger charge is -2.15. The number of hydrogen-bond acceptors (Lipinski definition) is 6. The van der Waals surface area contributed by atoms with Gasteiger partial charge in [-0.2, -0.15) is 13.2 Å². The molecule has 1 aliphatic rings. The first-order valence-corrected chi connectivity index (χ1v) is 13.5. The lowest BCUT2D eigenvalue weighted by molar-refractivity contribution is -0.137. The number of imide groups is 1. The lowest BCUT2D eigenvalue weighted by Crippen LogP contribution is -2.36. The summed E-state index contributed by atoms with van der Waals surface area (Å²) in [6.45, 7) is 1.82. The normalized spacial score (nSPS) is 14.5. The number of nitrogens with zero attached hydrogens (tertiary/aromatic N) is 1. The fourth-order valence-corrected chi connectivity index (χ4v) is 5.12. The highest BCUT2D eigenvalue weighted by Crippen LogP contribution is 2.40. The first-order valence-electron chi connectivity index (χ1n) is 11.9. The van der Waals surface area contributed by atoms with E-state index >= 15 is 0 Å². The van der Waals surface area contributed by atoms with E-state index in [0.29, 0.717) is 46.5 Å². The third-order valence-electron chi connectivity index (χ3n) is 5.50. The van der Waals surface area contributed by atoms with Crippen molar-refractivity contribution in [3.05, 3.63) is 92.8 Å². The third kappa shape index (κ3) is 7.24. The highest BCUT2D eigenvalue weighted by Gasteiger charge is 2.36. The highest BCUT2D eigenvalue weighted by atomic mass is 79.9. The minimum atomic E-state index is -4.58. The zero-order valence-corrected chi connectivity index (χ0v) is 23.4. The van der Waals surface area contributed by atoms with Gasteiger partial charge in [0.2, 0.25) is 5.91 Å². The van der Waals surface area contributed by atoms with Gasteiger partial charge in [-0.25, -0.2) is 0 Å². The molecular formula is C28H22BrF3N2O5S. The van der Waals surface area contributed by atoms with E-state index in [-0.39, 0.29) is 10.6 Å². The average Bonchev–Trinajstić information content (AvgIpc) is 3.16. The van der Waals surface area contributed by atoms with Crippen molar-refractivity contribution in [3.63, 3.8) is 0 Å². The predicted octanol–water partition coefficient (Wildman–Crippen LogP) is 7.12.